The predicted octanol–water partition coefficient (Wildman–Crippen LogP) is 2.20. The summed E-state index contributed by atoms with van der Waals surface area (Å²) in [4.78, 5) is 44.2. The van der Waals surface area contributed by atoms with Gasteiger partial charge in [0.2, 0.25) is 5.91 Å². The minimum Gasteiger partial charge on any atom is -0.465 e. The monoisotopic (exact) mass is 473 g/mol. The Morgan fingerprint density at radius 3 is 2.50 bits per heavy atom. The molecule has 0 spiro atoms. The number of likely N-dealkylation sites (N-methyl/N-ethyl adjacent to an activating group) is 1. The van der Waals surface area contributed by atoms with Crippen molar-refractivity contribution in [3.05, 3.63) is 41.0 Å². The Balaban J connectivity index is 2.09. The zero-order valence-corrected chi connectivity index (χ0v) is 20.5. The predicted molar refractivity (Wildman–Crippen MR) is 125 cm³/mol. The maximum absolute atomic E-state index is 15.1. The van der Waals surface area contributed by atoms with Crippen LogP contribution in [0.3, 0.4) is 0 Å². The fourth-order valence-electron chi connectivity index (χ4n) is 4.07. The number of ether oxygens (including phenoxy) is 1. The number of imidazole rings is 1. The summed E-state index contributed by atoms with van der Waals surface area (Å²) in [6.07, 6.45) is 0.790. The van der Waals surface area contributed by atoms with Gasteiger partial charge in [0.05, 0.1) is 23.9 Å². The van der Waals surface area contributed by atoms with Crippen LogP contribution in [0, 0.1) is 11.2 Å². The SMILES string of the molecule is CNC(=O)C(NC(=O)c1nc(-c2ccc(C(=O)OC)cc2F)n2c1CN(C)CCC2)C(C)(C)C. The molecule has 2 aromatic rings. The van der Waals surface area contributed by atoms with Crippen molar-refractivity contribution in [3.63, 3.8) is 0 Å². The molecular formula is C24H32FN5O4. The summed E-state index contributed by atoms with van der Waals surface area (Å²) >= 11 is 0. The van der Waals surface area contributed by atoms with Gasteiger partial charge in [-0.2, -0.15) is 0 Å². The van der Waals surface area contributed by atoms with Crippen LogP contribution in [0.25, 0.3) is 11.4 Å². The molecule has 0 bridgehead atoms. The summed E-state index contributed by atoms with van der Waals surface area (Å²) in [5, 5.41) is 5.41. The van der Waals surface area contributed by atoms with Crippen molar-refractivity contribution < 1.29 is 23.5 Å². The van der Waals surface area contributed by atoms with Gasteiger partial charge >= 0.3 is 5.97 Å². The van der Waals surface area contributed by atoms with Gasteiger partial charge in [-0.3, -0.25) is 9.59 Å². The number of rotatable bonds is 5. The number of carbonyl (C=O) groups excluding carboxylic acids is 3. The van der Waals surface area contributed by atoms with E-state index in [1.165, 1.54) is 26.3 Å². The molecule has 0 saturated carbocycles. The van der Waals surface area contributed by atoms with Crippen molar-refractivity contribution in [1.82, 2.24) is 25.1 Å². The molecule has 184 valence electrons. The maximum atomic E-state index is 15.1. The first kappa shape index (κ1) is 25.4. The minimum absolute atomic E-state index is 0.0858. The molecule has 34 heavy (non-hydrogen) atoms. The smallest absolute Gasteiger partial charge is 0.337 e. The van der Waals surface area contributed by atoms with E-state index in [2.05, 4.69) is 25.3 Å². The number of nitrogens with one attached hydrogen (secondary N) is 2. The maximum Gasteiger partial charge on any atom is 0.337 e. The Kier molecular flexibility index (Phi) is 7.40. The van der Waals surface area contributed by atoms with Crippen molar-refractivity contribution in [2.24, 2.45) is 5.41 Å². The molecule has 1 atom stereocenters. The van der Waals surface area contributed by atoms with Gasteiger partial charge in [0.15, 0.2) is 5.69 Å². The number of esters is 1. The van der Waals surface area contributed by atoms with Crippen molar-refractivity contribution >= 4 is 17.8 Å². The molecule has 10 heteroatoms. The number of aromatic nitrogens is 2. The fourth-order valence-corrected chi connectivity index (χ4v) is 4.07. The Morgan fingerprint density at radius 2 is 1.91 bits per heavy atom. The highest BCUT2D eigenvalue weighted by atomic mass is 19.1. The van der Waals surface area contributed by atoms with Crippen LogP contribution in [-0.4, -0.2) is 66.0 Å². The number of methoxy groups -OCH3 is 1. The van der Waals surface area contributed by atoms with E-state index in [9.17, 15) is 14.4 Å². The molecule has 1 aromatic heterocycles. The van der Waals surface area contributed by atoms with Crippen molar-refractivity contribution in [1.29, 1.82) is 0 Å². The van der Waals surface area contributed by atoms with Gasteiger partial charge in [0.25, 0.3) is 5.91 Å². The Morgan fingerprint density at radius 1 is 1.21 bits per heavy atom. The highest BCUT2D eigenvalue weighted by molar-refractivity contribution is 5.98. The molecule has 3 rings (SSSR count). The Labute approximate surface area is 198 Å². The van der Waals surface area contributed by atoms with Crippen molar-refractivity contribution in [2.45, 2.75) is 46.3 Å². The zero-order chi connectivity index (χ0) is 25.2. The number of halogens is 1. The van der Waals surface area contributed by atoms with E-state index in [1.54, 1.807) is 0 Å². The second-order valence-electron chi connectivity index (χ2n) is 9.55. The van der Waals surface area contributed by atoms with Gasteiger partial charge in [-0.1, -0.05) is 20.8 Å². The van der Waals surface area contributed by atoms with Gasteiger partial charge in [-0.15, -0.1) is 0 Å². The van der Waals surface area contributed by atoms with E-state index in [0.717, 1.165) is 19.0 Å². The first-order chi connectivity index (χ1) is 16.0. The second-order valence-corrected chi connectivity index (χ2v) is 9.55. The van der Waals surface area contributed by atoms with Gasteiger partial charge in [-0.25, -0.2) is 14.2 Å². The number of amides is 2. The molecule has 0 fully saturated rings. The molecule has 1 unspecified atom stereocenters. The highest BCUT2D eigenvalue weighted by Crippen LogP contribution is 2.29. The van der Waals surface area contributed by atoms with Crippen LogP contribution in [0.2, 0.25) is 0 Å². The van der Waals surface area contributed by atoms with Crippen LogP contribution in [0.15, 0.2) is 18.2 Å². The molecule has 1 aliphatic heterocycles. The number of benzene rings is 1. The summed E-state index contributed by atoms with van der Waals surface area (Å²) in [5.41, 5.74) is 0.521. The number of carbonyl (C=O) groups is 3. The van der Waals surface area contributed by atoms with E-state index in [-0.39, 0.29) is 22.7 Å². The fraction of sp³-hybridized carbons (Fsp3) is 0.500. The van der Waals surface area contributed by atoms with Gasteiger partial charge in [0.1, 0.15) is 17.7 Å². The minimum atomic E-state index is -0.787. The second kappa shape index (κ2) is 9.92. The number of nitrogens with zero attached hydrogens (tertiary/aromatic N) is 3. The van der Waals surface area contributed by atoms with Crippen LogP contribution in [-0.2, 0) is 22.6 Å². The lowest BCUT2D eigenvalue weighted by Crippen LogP contribution is -2.53. The third kappa shape index (κ3) is 5.11. The van der Waals surface area contributed by atoms with E-state index in [0.29, 0.717) is 24.6 Å². The Hall–Kier alpha value is -3.27. The van der Waals surface area contributed by atoms with E-state index < -0.39 is 29.2 Å². The molecule has 2 N–H and O–H groups in total. The normalized spacial score (nSPS) is 15.1. The van der Waals surface area contributed by atoms with Crippen LogP contribution < -0.4 is 10.6 Å². The third-order valence-corrected chi connectivity index (χ3v) is 5.91. The molecule has 1 aliphatic rings. The van der Waals surface area contributed by atoms with Gasteiger partial charge in [-0.05, 0) is 43.6 Å². The summed E-state index contributed by atoms with van der Waals surface area (Å²) in [7, 11) is 4.69. The first-order valence-corrected chi connectivity index (χ1v) is 11.2. The molecule has 0 saturated heterocycles. The molecule has 9 nitrogen and oxygen atoms in total. The first-order valence-electron chi connectivity index (χ1n) is 11.2. The molecule has 0 aliphatic carbocycles. The average molecular weight is 474 g/mol. The molecule has 2 amide bonds. The lowest BCUT2D eigenvalue weighted by atomic mass is 9.86. The molecule has 1 aromatic carbocycles. The standard InChI is InChI=1S/C24H32FN5O4/c1-24(2,3)19(22(32)26-4)28-21(31)18-17-13-29(5)10-7-11-30(17)20(27-18)15-9-8-14(12-16(15)25)23(33)34-6/h8-9,12,19H,7,10-11,13H2,1-6H3,(H,26,32)(H,28,31). The number of fused-ring (bicyclic) bond motifs is 1. The quantitative estimate of drug-likeness (QED) is 0.645. The van der Waals surface area contributed by atoms with Gasteiger partial charge in [0, 0.05) is 20.1 Å². The number of hydrogen-bond acceptors (Lipinski definition) is 6. The Bertz CT molecular complexity index is 1110. The van der Waals surface area contributed by atoms with Crippen molar-refractivity contribution in [3.8, 4) is 11.4 Å². The van der Waals surface area contributed by atoms with Crippen LogP contribution >= 0.6 is 0 Å². The highest BCUT2D eigenvalue weighted by Gasteiger charge is 2.35. The van der Waals surface area contributed by atoms with E-state index >= 15 is 4.39 Å². The summed E-state index contributed by atoms with van der Waals surface area (Å²) < 4.78 is 21.6. The molecule has 0 radical (unpaired) electrons. The van der Waals surface area contributed by atoms with Crippen LogP contribution in [0.4, 0.5) is 4.39 Å². The lowest BCUT2D eigenvalue weighted by molar-refractivity contribution is -0.124. The third-order valence-electron chi connectivity index (χ3n) is 5.91. The van der Waals surface area contributed by atoms with Gasteiger partial charge < -0.3 is 24.8 Å². The summed E-state index contributed by atoms with van der Waals surface area (Å²) in [5.74, 6) is -1.79. The van der Waals surface area contributed by atoms with Crippen LogP contribution in [0.5, 0.6) is 0 Å². The van der Waals surface area contributed by atoms with E-state index in [4.69, 9.17) is 0 Å². The van der Waals surface area contributed by atoms with Crippen molar-refractivity contribution in [2.75, 3.05) is 27.7 Å². The van der Waals surface area contributed by atoms with Crippen LogP contribution in [0.1, 0.15) is 53.7 Å². The summed E-state index contributed by atoms with van der Waals surface area (Å²) in [6.45, 7) is 7.37. The number of hydrogen-bond donors (Lipinski definition) is 2. The van der Waals surface area contributed by atoms with E-state index in [1.807, 2.05) is 32.4 Å². The topological polar surface area (TPSA) is 106 Å². The largest absolute Gasteiger partial charge is 0.465 e. The average Bonchev–Trinajstić information content (AvgIpc) is 3.01. The molecular weight excluding hydrogens is 441 g/mol. The lowest BCUT2D eigenvalue weighted by Gasteiger charge is -2.29. The zero-order valence-electron chi connectivity index (χ0n) is 20.5. The molecule has 2 heterocycles. The summed E-state index contributed by atoms with van der Waals surface area (Å²) in [6, 6.07) is 3.25.